The van der Waals surface area contributed by atoms with E-state index in [9.17, 15) is 18.0 Å². The number of alkyl halides is 3. The molecule has 0 amide bonds. The highest BCUT2D eigenvalue weighted by atomic mass is 19.4. The fourth-order valence-corrected chi connectivity index (χ4v) is 1.57. The molecule has 0 N–H and O–H groups in total. The van der Waals surface area contributed by atoms with Crippen molar-refractivity contribution in [1.82, 2.24) is 0 Å². The van der Waals surface area contributed by atoms with Crippen LogP contribution in [0.2, 0.25) is 0 Å². The number of halogens is 3. The van der Waals surface area contributed by atoms with Gasteiger partial charge in [0.15, 0.2) is 5.78 Å². The van der Waals surface area contributed by atoms with Crippen molar-refractivity contribution >= 4 is 5.78 Å². The molecule has 92 valence electrons. The zero-order valence-electron chi connectivity index (χ0n) is 9.42. The van der Waals surface area contributed by atoms with Crippen molar-refractivity contribution in [3.05, 3.63) is 48.0 Å². The molecular weight excluding hydrogens is 229 g/mol. The number of carbonyl (C=O) groups excluding carboxylic acids is 1. The first-order valence-electron chi connectivity index (χ1n) is 5.19. The predicted molar refractivity (Wildman–Crippen MR) is 59.8 cm³/mol. The zero-order chi connectivity index (χ0) is 13.1. The van der Waals surface area contributed by atoms with E-state index in [1.54, 1.807) is 6.92 Å². The molecule has 1 aromatic rings. The third-order valence-corrected chi connectivity index (χ3v) is 2.47. The Morgan fingerprint density at radius 1 is 1.41 bits per heavy atom. The molecule has 4 heteroatoms. The molecule has 0 aliphatic rings. The first-order chi connectivity index (χ1) is 7.88. The highest BCUT2D eigenvalue weighted by molar-refractivity contribution is 5.99. The van der Waals surface area contributed by atoms with Gasteiger partial charge in [-0.2, -0.15) is 13.2 Å². The molecule has 0 radical (unpaired) electrons. The summed E-state index contributed by atoms with van der Waals surface area (Å²) >= 11 is 0. The van der Waals surface area contributed by atoms with E-state index in [1.165, 1.54) is 24.3 Å². The minimum Gasteiger partial charge on any atom is -0.294 e. The molecule has 1 unspecified atom stereocenters. The van der Waals surface area contributed by atoms with Crippen molar-refractivity contribution in [2.24, 2.45) is 5.92 Å². The summed E-state index contributed by atoms with van der Waals surface area (Å²) in [6.07, 6.45) is -2.61. The maximum Gasteiger partial charge on any atom is 0.417 e. The lowest BCUT2D eigenvalue weighted by Crippen LogP contribution is -2.17. The van der Waals surface area contributed by atoms with Gasteiger partial charge in [0.1, 0.15) is 0 Å². The summed E-state index contributed by atoms with van der Waals surface area (Å²) in [6.45, 7) is 5.07. The van der Waals surface area contributed by atoms with Crippen LogP contribution in [0.1, 0.15) is 29.3 Å². The smallest absolute Gasteiger partial charge is 0.294 e. The average Bonchev–Trinajstić information content (AvgIpc) is 2.27. The second-order valence-electron chi connectivity index (χ2n) is 3.83. The molecule has 17 heavy (non-hydrogen) atoms. The largest absolute Gasteiger partial charge is 0.417 e. The molecule has 0 fully saturated rings. The highest BCUT2D eigenvalue weighted by Crippen LogP contribution is 2.33. The normalized spacial score (nSPS) is 13.2. The van der Waals surface area contributed by atoms with Gasteiger partial charge in [-0.1, -0.05) is 31.2 Å². The molecule has 0 aliphatic carbocycles. The molecule has 0 saturated carbocycles. The van der Waals surface area contributed by atoms with Gasteiger partial charge in [-0.05, 0) is 12.5 Å². The summed E-state index contributed by atoms with van der Waals surface area (Å²) in [7, 11) is 0. The van der Waals surface area contributed by atoms with Crippen LogP contribution >= 0.6 is 0 Å². The Balaban J connectivity index is 3.14. The van der Waals surface area contributed by atoms with Gasteiger partial charge < -0.3 is 0 Å². The van der Waals surface area contributed by atoms with Crippen LogP contribution in [0, 0.1) is 5.92 Å². The van der Waals surface area contributed by atoms with E-state index in [-0.39, 0.29) is 5.56 Å². The maximum absolute atomic E-state index is 12.7. The second-order valence-corrected chi connectivity index (χ2v) is 3.83. The van der Waals surface area contributed by atoms with E-state index >= 15 is 0 Å². The topological polar surface area (TPSA) is 17.1 Å². The van der Waals surface area contributed by atoms with Crippen molar-refractivity contribution in [3.8, 4) is 0 Å². The minimum absolute atomic E-state index is 0.269. The number of carbonyl (C=O) groups is 1. The third-order valence-electron chi connectivity index (χ3n) is 2.47. The lowest BCUT2D eigenvalue weighted by Gasteiger charge is -2.14. The number of rotatable bonds is 4. The molecule has 1 atom stereocenters. The van der Waals surface area contributed by atoms with E-state index in [1.807, 2.05) is 0 Å². The Labute approximate surface area is 98.0 Å². The Bertz CT molecular complexity index is 421. The van der Waals surface area contributed by atoms with Gasteiger partial charge in [0, 0.05) is 11.5 Å². The quantitative estimate of drug-likeness (QED) is 0.573. The third kappa shape index (κ3) is 3.19. The van der Waals surface area contributed by atoms with E-state index in [0.29, 0.717) is 6.42 Å². The van der Waals surface area contributed by atoms with Gasteiger partial charge in [-0.3, -0.25) is 4.79 Å². The maximum atomic E-state index is 12.7. The van der Waals surface area contributed by atoms with Crippen LogP contribution in [0.4, 0.5) is 13.2 Å². The van der Waals surface area contributed by atoms with Gasteiger partial charge in [-0.15, -0.1) is 6.58 Å². The molecule has 1 nitrogen and oxygen atoms in total. The van der Waals surface area contributed by atoms with Gasteiger partial charge >= 0.3 is 6.18 Å². The first kappa shape index (κ1) is 13.5. The summed E-state index contributed by atoms with van der Waals surface area (Å²) in [4.78, 5) is 11.9. The van der Waals surface area contributed by atoms with Crippen LogP contribution in [0.5, 0.6) is 0 Å². The van der Waals surface area contributed by atoms with Gasteiger partial charge in [0.05, 0.1) is 5.56 Å². The zero-order valence-corrected chi connectivity index (χ0v) is 9.42. The molecule has 0 bridgehead atoms. The van der Waals surface area contributed by atoms with Crippen LogP contribution in [0.15, 0.2) is 36.9 Å². The van der Waals surface area contributed by atoms with Gasteiger partial charge in [0.2, 0.25) is 0 Å². The lowest BCUT2D eigenvalue weighted by molar-refractivity contribution is -0.137. The first-order valence-corrected chi connectivity index (χ1v) is 5.19. The van der Waals surface area contributed by atoms with E-state index in [2.05, 4.69) is 6.58 Å². The summed E-state index contributed by atoms with van der Waals surface area (Å²) in [5.74, 6) is -0.992. The van der Waals surface area contributed by atoms with Crippen molar-refractivity contribution < 1.29 is 18.0 Å². The van der Waals surface area contributed by atoms with Crippen LogP contribution in [0.3, 0.4) is 0 Å². The fourth-order valence-electron chi connectivity index (χ4n) is 1.57. The molecule has 0 aromatic heterocycles. The Hall–Kier alpha value is -1.58. The van der Waals surface area contributed by atoms with E-state index in [4.69, 9.17) is 0 Å². The highest BCUT2D eigenvalue weighted by Gasteiger charge is 2.35. The number of Topliss-reactive ketones (excluding diaryl/α,β-unsaturated/α-hetero) is 1. The number of hydrogen-bond acceptors (Lipinski definition) is 1. The molecule has 1 rings (SSSR count). The SMILES string of the molecule is C=CCC(C)C(=O)c1ccccc1C(F)(F)F. The standard InChI is InChI=1S/C13H13F3O/c1-3-6-9(2)12(17)10-7-4-5-8-11(10)13(14,15)16/h3-5,7-9H,1,6H2,2H3. The average molecular weight is 242 g/mol. The summed E-state index contributed by atoms with van der Waals surface area (Å²) in [5.41, 5.74) is -1.14. The van der Waals surface area contributed by atoms with Crippen molar-refractivity contribution in [2.45, 2.75) is 19.5 Å². The molecule has 0 spiro atoms. The molecule has 0 heterocycles. The number of allylic oxidation sites excluding steroid dienone is 1. The fraction of sp³-hybridized carbons (Fsp3) is 0.308. The van der Waals surface area contributed by atoms with E-state index in [0.717, 1.165) is 6.07 Å². The number of ketones is 1. The summed E-state index contributed by atoms with van der Waals surface area (Å²) in [5, 5.41) is 0. The Morgan fingerprint density at radius 2 is 2.00 bits per heavy atom. The monoisotopic (exact) mass is 242 g/mol. The van der Waals surface area contributed by atoms with Gasteiger partial charge in [0.25, 0.3) is 0 Å². The molecular formula is C13H13F3O. The minimum atomic E-state index is -4.50. The van der Waals surface area contributed by atoms with Crippen LogP contribution in [0.25, 0.3) is 0 Å². The lowest BCUT2D eigenvalue weighted by atomic mass is 9.93. The van der Waals surface area contributed by atoms with Crippen molar-refractivity contribution in [3.63, 3.8) is 0 Å². The predicted octanol–water partition coefficient (Wildman–Crippen LogP) is 4.10. The Morgan fingerprint density at radius 3 is 2.53 bits per heavy atom. The molecule has 1 aromatic carbocycles. The van der Waals surface area contributed by atoms with Crippen molar-refractivity contribution in [1.29, 1.82) is 0 Å². The number of benzene rings is 1. The van der Waals surface area contributed by atoms with Crippen LogP contribution < -0.4 is 0 Å². The van der Waals surface area contributed by atoms with Crippen LogP contribution in [-0.2, 0) is 6.18 Å². The number of hydrogen-bond donors (Lipinski definition) is 0. The Kier molecular flexibility index (Phi) is 4.10. The van der Waals surface area contributed by atoms with Gasteiger partial charge in [-0.25, -0.2) is 0 Å². The van der Waals surface area contributed by atoms with Crippen molar-refractivity contribution in [2.75, 3.05) is 0 Å². The molecule has 0 aliphatic heterocycles. The molecule has 0 saturated heterocycles. The van der Waals surface area contributed by atoms with E-state index < -0.39 is 23.4 Å². The summed E-state index contributed by atoms with van der Waals surface area (Å²) in [6, 6.07) is 4.85. The van der Waals surface area contributed by atoms with Crippen LogP contribution in [-0.4, -0.2) is 5.78 Å². The summed E-state index contributed by atoms with van der Waals surface area (Å²) < 4.78 is 38.1. The second kappa shape index (κ2) is 5.17.